The molecule has 0 saturated heterocycles. The lowest BCUT2D eigenvalue weighted by Crippen LogP contribution is -2.35. The summed E-state index contributed by atoms with van der Waals surface area (Å²) in [5, 5.41) is 16.5. The molecule has 0 unspecified atom stereocenters. The van der Waals surface area contributed by atoms with Crippen molar-refractivity contribution in [2.24, 2.45) is 0 Å². The molecule has 0 saturated carbocycles. The molecule has 0 aromatic rings. The third-order valence-corrected chi connectivity index (χ3v) is 3.10. The molecule has 0 heterocycles. The summed E-state index contributed by atoms with van der Waals surface area (Å²) in [4.78, 5) is 0. The molecule has 0 aliphatic rings. The Labute approximate surface area is 130 Å². The van der Waals surface area contributed by atoms with Crippen LogP contribution >= 0.6 is 0 Å². The van der Waals surface area contributed by atoms with Gasteiger partial charge in [-0.15, -0.1) is 0 Å². The molecule has 0 aromatic heterocycles. The third-order valence-electron chi connectivity index (χ3n) is 3.10. The predicted molar refractivity (Wildman–Crippen MR) is 85.6 cm³/mol. The quantitative estimate of drug-likeness (QED) is 0.574. The fourth-order valence-corrected chi connectivity index (χ4v) is 1.34. The molecular formula is C16H36O5. The summed E-state index contributed by atoms with van der Waals surface area (Å²) in [7, 11) is 0. The number of ether oxygens (including phenoxy) is 3. The van der Waals surface area contributed by atoms with Gasteiger partial charge < -0.3 is 24.4 Å². The molecule has 0 fully saturated rings. The van der Waals surface area contributed by atoms with Crippen LogP contribution in [0.15, 0.2) is 0 Å². The molecule has 0 aromatic carbocycles. The molecule has 0 rings (SSSR count). The Morgan fingerprint density at radius 2 is 1.00 bits per heavy atom. The van der Waals surface area contributed by atoms with Crippen LogP contribution in [-0.2, 0) is 14.2 Å². The largest absolute Gasteiger partial charge is 0.394 e. The molecule has 21 heavy (non-hydrogen) atoms. The lowest BCUT2D eigenvalue weighted by atomic mass is 10.0. The number of aliphatic hydroxyl groups excluding tert-OH is 2. The topological polar surface area (TPSA) is 68.2 Å². The first kappa shape index (κ1) is 23.1. The van der Waals surface area contributed by atoms with E-state index in [-0.39, 0.29) is 24.4 Å². The van der Waals surface area contributed by atoms with Gasteiger partial charge in [0.1, 0.15) is 0 Å². The third kappa shape index (κ3) is 17.7. The Balaban J connectivity index is 0. The number of rotatable bonds is 11. The van der Waals surface area contributed by atoms with Gasteiger partial charge in [-0.05, 0) is 40.5 Å². The maximum atomic E-state index is 8.26. The highest BCUT2D eigenvalue weighted by atomic mass is 16.5. The lowest BCUT2D eigenvalue weighted by molar-refractivity contribution is -0.124. The van der Waals surface area contributed by atoms with Gasteiger partial charge in [0, 0.05) is 0 Å². The lowest BCUT2D eigenvalue weighted by Gasteiger charge is -2.34. The zero-order chi connectivity index (χ0) is 16.8. The Kier molecular flexibility index (Phi) is 14.8. The predicted octanol–water partition coefficient (Wildman–Crippen LogP) is 2.38. The normalized spacial score (nSPS) is 12.0. The van der Waals surface area contributed by atoms with E-state index in [4.69, 9.17) is 24.4 Å². The van der Waals surface area contributed by atoms with Crippen molar-refractivity contribution < 1.29 is 24.4 Å². The monoisotopic (exact) mass is 308 g/mol. The minimum absolute atomic E-state index is 0.0273. The first-order valence-electron chi connectivity index (χ1n) is 7.82. The first-order valence-corrected chi connectivity index (χ1v) is 7.82. The van der Waals surface area contributed by atoms with E-state index < -0.39 is 0 Å². The molecule has 2 N–H and O–H groups in total. The molecule has 0 bridgehead atoms. The van der Waals surface area contributed by atoms with Crippen molar-refractivity contribution in [2.45, 2.75) is 65.6 Å². The molecule has 0 spiro atoms. The SMILES string of the molecule is CCC(C)(C)OC(C)(C)CC.OCCOCCOCCO. The van der Waals surface area contributed by atoms with Crippen LogP contribution in [0.4, 0.5) is 0 Å². The van der Waals surface area contributed by atoms with Crippen LogP contribution in [-0.4, -0.2) is 61.1 Å². The minimum atomic E-state index is 0.0273. The van der Waals surface area contributed by atoms with Crippen LogP contribution in [0.25, 0.3) is 0 Å². The van der Waals surface area contributed by atoms with Gasteiger partial charge in [0.2, 0.25) is 0 Å². The van der Waals surface area contributed by atoms with Gasteiger partial charge in [-0.2, -0.15) is 0 Å². The van der Waals surface area contributed by atoms with Gasteiger partial charge in [-0.25, -0.2) is 0 Å². The van der Waals surface area contributed by atoms with Crippen molar-refractivity contribution in [3.05, 3.63) is 0 Å². The van der Waals surface area contributed by atoms with Gasteiger partial charge >= 0.3 is 0 Å². The number of hydrogen-bond donors (Lipinski definition) is 2. The summed E-state index contributed by atoms with van der Waals surface area (Å²) in [5.74, 6) is 0. The summed E-state index contributed by atoms with van der Waals surface area (Å²) in [6, 6.07) is 0. The van der Waals surface area contributed by atoms with Crippen molar-refractivity contribution in [2.75, 3.05) is 39.6 Å². The summed E-state index contributed by atoms with van der Waals surface area (Å²) in [6.07, 6.45) is 2.13. The van der Waals surface area contributed by atoms with E-state index in [1.54, 1.807) is 0 Å². The molecule has 0 radical (unpaired) electrons. The van der Waals surface area contributed by atoms with Crippen LogP contribution in [0.1, 0.15) is 54.4 Å². The average molecular weight is 308 g/mol. The van der Waals surface area contributed by atoms with Crippen molar-refractivity contribution >= 4 is 0 Å². The molecule has 0 aliphatic carbocycles. The van der Waals surface area contributed by atoms with Crippen LogP contribution in [0, 0.1) is 0 Å². The fraction of sp³-hybridized carbons (Fsp3) is 1.00. The summed E-state index contributed by atoms with van der Waals surface area (Å²) < 4.78 is 15.7. The zero-order valence-electron chi connectivity index (χ0n) is 14.8. The van der Waals surface area contributed by atoms with E-state index in [1.807, 2.05) is 0 Å². The number of aliphatic hydroxyl groups is 2. The maximum Gasteiger partial charge on any atom is 0.0701 e. The van der Waals surface area contributed by atoms with E-state index in [9.17, 15) is 0 Å². The molecule has 0 aliphatic heterocycles. The van der Waals surface area contributed by atoms with Crippen molar-refractivity contribution in [1.29, 1.82) is 0 Å². The van der Waals surface area contributed by atoms with Gasteiger partial charge in [0.25, 0.3) is 0 Å². The van der Waals surface area contributed by atoms with Gasteiger partial charge in [-0.1, -0.05) is 13.8 Å². The van der Waals surface area contributed by atoms with Crippen molar-refractivity contribution in [1.82, 2.24) is 0 Å². The van der Waals surface area contributed by atoms with Crippen molar-refractivity contribution in [3.8, 4) is 0 Å². The highest BCUT2D eigenvalue weighted by Crippen LogP contribution is 2.24. The molecule has 130 valence electrons. The van der Waals surface area contributed by atoms with Crippen molar-refractivity contribution in [3.63, 3.8) is 0 Å². The second kappa shape index (κ2) is 13.5. The Morgan fingerprint density at radius 3 is 1.24 bits per heavy atom. The minimum Gasteiger partial charge on any atom is -0.394 e. The molecule has 5 nitrogen and oxygen atoms in total. The van der Waals surface area contributed by atoms with Crippen LogP contribution in [0.2, 0.25) is 0 Å². The van der Waals surface area contributed by atoms with Crippen LogP contribution in [0.5, 0.6) is 0 Å². The summed E-state index contributed by atoms with van der Waals surface area (Å²) >= 11 is 0. The Bertz CT molecular complexity index is 195. The molecular weight excluding hydrogens is 272 g/mol. The molecule has 5 heteroatoms. The van der Waals surface area contributed by atoms with E-state index >= 15 is 0 Å². The van der Waals surface area contributed by atoms with E-state index in [2.05, 4.69) is 41.5 Å². The average Bonchev–Trinajstić information content (AvgIpc) is 2.42. The summed E-state index contributed by atoms with van der Waals surface area (Å²) in [5.41, 5.74) is 0.0546. The highest BCUT2D eigenvalue weighted by Gasteiger charge is 2.25. The van der Waals surface area contributed by atoms with Crippen LogP contribution in [0.3, 0.4) is 0 Å². The van der Waals surface area contributed by atoms with Gasteiger partial charge in [0.15, 0.2) is 0 Å². The summed E-state index contributed by atoms with van der Waals surface area (Å²) in [6.45, 7) is 14.6. The standard InChI is InChI=1S/C10H22O.C6H14O4/c1-7-9(3,4)11-10(5,6)8-2;7-1-3-9-5-6-10-4-2-8/h7-8H2,1-6H3;7-8H,1-6H2. The first-order chi connectivity index (χ1) is 9.74. The Morgan fingerprint density at radius 1 is 0.667 bits per heavy atom. The van der Waals surface area contributed by atoms with E-state index in [1.165, 1.54) is 0 Å². The Hall–Kier alpha value is -0.200. The highest BCUT2D eigenvalue weighted by molar-refractivity contribution is 4.74. The molecule has 0 amide bonds. The van der Waals surface area contributed by atoms with Gasteiger partial charge in [-0.3, -0.25) is 0 Å². The van der Waals surface area contributed by atoms with E-state index in [0.29, 0.717) is 26.4 Å². The smallest absolute Gasteiger partial charge is 0.0701 e. The number of hydrogen-bond acceptors (Lipinski definition) is 5. The van der Waals surface area contributed by atoms with E-state index in [0.717, 1.165) is 12.8 Å². The fourth-order valence-electron chi connectivity index (χ4n) is 1.34. The second-order valence-electron chi connectivity index (χ2n) is 6.00. The zero-order valence-corrected chi connectivity index (χ0v) is 14.8. The molecule has 0 atom stereocenters. The van der Waals surface area contributed by atoms with Gasteiger partial charge in [0.05, 0.1) is 50.8 Å². The second-order valence-corrected chi connectivity index (χ2v) is 6.00. The maximum absolute atomic E-state index is 8.26. The van der Waals surface area contributed by atoms with Crippen LogP contribution < -0.4 is 0 Å².